The first-order valence-corrected chi connectivity index (χ1v) is 11.6. The molecule has 0 amide bonds. The van der Waals surface area contributed by atoms with Crippen molar-refractivity contribution < 1.29 is 14.3 Å². The maximum atomic E-state index is 13.1. The van der Waals surface area contributed by atoms with Crippen LogP contribution < -0.4 is 14.8 Å². The first-order chi connectivity index (χ1) is 15.7. The number of benzene rings is 2. The van der Waals surface area contributed by atoms with E-state index in [-0.39, 0.29) is 5.78 Å². The summed E-state index contributed by atoms with van der Waals surface area (Å²) in [6, 6.07) is 15.5. The Balaban J connectivity index is 1.58. The number of ketones is 1. The number of nitrogens with zero attached hydrogens (tertiary/aromatic N) is 3. The highest BCUT2D eigenvalue weighted by atomic mass is 32.2. The van der Waals surface area contributed by atoms with Gasteiger partial charge in [0, 0.05) is 29.0 Å². The van der Waals surface area contributed by atoms with Gasteiger partial charge in [-0.05, 0) is 24.5 Å². The number of nitrogens with one attached hydrogen (secondary N) is 1. The summed E-state index contributed by atoms with van der Waals surface area (Å²) in [5.74, 6) is 2.77. The van der Waals surface area contributed by atoms with E-state index in [0.29, 0.717) is 29.0 Å². The lowest BCUT2D eigenvalue weighted by molar-refractivity contribution is -0.116. The number of rotatable bonds is 6. The Kier molecular flexibility index (Phi) is 5.61. The van der Waals surface area contributed by atoms with Crippen molar-refractivity contribution in [3.63, 3.8) is 0 Å². The molecule has 2 heterocycles. The molecule has 0 radical (unpaired) electrons. The average molecular weight is 449 g/mol. The molecule has 32 heavy (non-hydrogen) atoms. The molecule has 0 spiro atoms. The molecule has 0 saturated heterocycles. The average Bonchev–Trinajstić information content (AvgIpc) is 3.24. The highest BCUT2D eigenvalue weighted by Crippen LogP contribution is 2.45. The lowest BCUT2D eigenvalue weighted by atomic mass is 9.85. The number of hydrogen-bond donors (Lipinski definition) is 1. The number of fused-ring (bicyclic) bond motifs is 1. The third-order valence-electron chi connectivity index (χ3n) is 5.79. The van der Waals surface area contributed by atoms with Crippen LogP contribution in [0, 0.1) is 0 Å². The van der Waals surface area contributed by atoms with Crippen molar-refractivity contribution in [3.05, 3.63) is 70.9 Å². The minimum Gasteiger partial charge on any atom is -0.493 e. The predicted octanol–water partition coefficient (Wildman–Crippen LogP) is 4.61. The Morgan fingerprint density at radius 1 is 1.09 bits per heavy atom. The van der Waals surface area contributed by atoms with E-state index < -0.39 is 6.04 Å². The van der Waals surface area contributed by atoms with Crippen LogP contribution >= 0.6 is 11.8 Å². The monoisotopic (exact) mass is 448 g/mol. The number of hydrogen-bond acceptors (Lipinski definition) is 7. The van der Waals surface area contributed by atoms with E-state index >= 15 is 0 Å². The van der Waals surface area contributed by atoms with Crippen molar-refractivity contribution in [2.45, 2.75) is 36.2 Å². The van der Waals surface area contributed by atoms with E-state index in [1.807, 2.05) is 41.1 Å². The second-order valence-electron chi connectivity index (χ2n) is 7.72. The summed E-state index contributed by atoms with van der Waals surface area (Å²) >= 11 is 1.57. The molecule has 1 aliphatic carbocycles. The van der Waals surface area contributed by atoms with Crippen LogP contribution in [0.5, 0.6) is 11.5 Å². The van der Waals surface area contributed by atoms with E-state index in [1.165, 1.54) is 5.56 Å². The van der Waals surface area contributed by atoms with Gasteiger partial charge < -0.3 is 14.8 Å². The van der Waals surface area contributed by atoms with E-state index in [0.717, 1.165) is 35.4 Å². The van der Waals surface area contributed by atoms with Gasteiger partial charge in [-0.1, -0.05) is 54.2 Å². The number of allylic oxidation sites excluding steroid dienone is 2. The van der Waals surface area contributed by atoms with E-state index in [9.17, 15) is 4.79 Å². The lowest BCUT2D eigenvalue weighted by Gasteiger charge is -2.32. The fourth-order valence-electron chi connectivity index (χ4n) is 4.33. The summed E-state index contributed by atoms with van der Waals surface area (Å²) < 4.78 is 13.0. The largest absolute Gasteiger partial charge is 0.493 e. The molecule has 1 aromatic heterocycles. The van der Waals surface area contributed by atoms with Gasteiger partial charge in [0.2, 0.25) is 11.1 Å². The Bertz CT molecular complexity index is 1190. The fraction of sp³-hybridized carbons (Fsp3) is 0.292. The van der Waals surface area contributed by atoms with Gasteiger partial charge in [0.1, 0.15) is 6.04 Å². The standard InChI is InChI=1S/C24H24N4O3S/c1-30-19-13-6-10-16(22(19)31-2)21-20-17(11-7-12-18(20)29)25-23-26-24(27-28(21)23)32-14-15-8-4-3-5-9-15/h3-6,8-10,13,21H,7,11-12,14H2,1-2H3,(H,25,26,27)/t21-/m1/s1. The van der Waals surface area contributed by atoms with E-state index in [4.69, 9.17) is 19.6 Å². The molecule has 8 heteroatoms. The normalized spacial score (nSPS) is 17.4. The molecule has 1 aliphatic heterocycles. The molecule has 0 saturated carbocycles. The van der Waals surface area contributed by atoms with Crippen molar-refractivity contribution in [2.75, 3.05) is 19.5 Å². The van der Waals surface area contributed by atoms with Gasteiger partial charge in [-0.2, -0.15) is 4.98 Å². The number of Topliss-reactive ketones (excluding diaryl/α,β-unsaturated/α-hetero) is 1. The summed E-state index contributed by atoms with van der Waals surface area (Å²) in [5, 5.41) is 8.84. The van der Waals surface area contributed by atoms with Crippen molar-refractivity contribution in [1.82, 2.24) is 14.8 Å². The van der Waals surface area contributed by atoms with Crippen LogP contribution in [-0.4, -0.2) is 34.8 Å². The second-order valence-corrected chi connectivity index (χ2v) is 8.66. The maximum Gasteiger partial charge on any atom is 0.227 e. The highest BCUT2D eigenvalue weighted by Gasteiger charge is 2.38. The van der Waals surface area contributed by atoms with Crippen molar-refractivity contribution >= 4 is 23.5 Å². The molecule has 2 aromatic carbocycles. The number of aromatic nitrogens is 3. The summed E-state index contributed by atoms with van der Waals surface area (Å²) in [6.07, 6.45) is 2.17. The number of para-hydroxylation sites is 1. The Hall–Kier alpha value is -3.26. The first-order valence-electron chi connectivity index (χ1n) is 10.6. The van der Waals surface area contributed by atoms with Crippen LogP contribution in [0.3, 0.4) is 0 Å². The van der Waals surface area contributed by atoms with Gasteiger partial charge in [0.25, 0.3) is 0 Å². The number of methoxy groups -OCH3 is 2. The molecular formula is C24H24N4O3S. The van der Waals surface area contributed by atoms with Crippen LogP contribution in [0.4, 0.5) is 5.95 Å². The quantitative estimate of drug-likeness (QED) is 0.552. The second kappa shape index (κ2) is 8.70. The molecule has 1 N–H and O–H groups in total. The Morgan fingerprint density at radius 3 is 2.72 bits per heavy atom. The smallest absolute Gasteiger partial charge is 0.227 e. The molecule has 0 bridgehead atoms. The molecule has 7 nitrogen and oxygen atoms in total. The van der Waals surface area contributed by atoms with Crippen LogP contribution in [0.25, 0.3) is 0 Å². The van der Waals surface area contributed by atoms with Crippen LogP contribution in [0.2, 0.25) is 0 Å². The predicted molar refractivity (Wildman–Crippen MR) is 123 cm³/mol. The summed E-state index contributed by atoms with van der Waals surface area (Å²) in [6.45, 7) is 0. The summed E-state index contributed by atoms with van der Waals surface area (Å²) in [7, 11) is 3.23. The minimum atomic E-state index is -0.419. The highest BCUT2D eigenvalue weighted by molar-refractivity contribution is 7.98. The van der Waals surface area contributed by atoms with E-state index in [1.54, 1.807) is 26.0 Å². The topological polar surface area (TPSA) is 78.3 Å². The molecule has 3 aromatic rings. The number of carbonyl (C=O) groups is 1. The minimum absolute atomic E-state index is 0.133. The Morgan fingerprint density at radius 2 is 1.94 bits per heavy atom. The molecule has 0 fully saturated rings. The van der Waals surface area contributed by atoms with Crippen molar-refractivity contribution in [2.24, 2.45) is 0 Å². The molecule has 0 unspecified atom stereocenters. The molecular weight excluding hydrogens is 424 g/mol. The van der Waals surface area contributed by atoms with Gasteiger partial charge in [0.15, 0.2) is 17.3 Å². The molecule has 5 rings (SSSR count). The lowest BCUT2D eigenvalue weighted by Crippen LogP contribution is -2.31. The number of ether oxygens (including phenoxy) is 2. The van der Waals surface area contributed by atoms with E-state index in [2.05, 4.69) is 17.4 Å². The zero-order valence-corrected chi connectivity index (χ0v) is 18.8. The van der Waals surface area contributed by atoms with Gasteiger partial charge in [-0.15, -0.1) is 5.10 Å². The number of thioether (sulfide) groups is 1. The van der Waals surface area contributed by atoms with Gasteiger partial charge in [0.05, 0.1) is 14.2 Å². The number of carbonyl (C=O) groups excluding carboxylic acids is 1. The molecule has 1 atom stereocenters. The third-order valence-corrected chi connectivity index (χ3v) is 6.70. The van der Waals surface area contributed by atoms with Gasteiger partial charge in [-0.25, -0.2) is 4.68 Å². The fourth-order valence-corrected chi connectivity index (χ4v) is 5.12. The molecule has 2 aliphatic rings. The summed E-state index contributed by atoms with van der Waals surface area (Å²) in [5.41, 5.74) is 3.70. The number of anilines is 1. The summed E-state index contributed by atoms with van der Waals surface area (Å²) in [4.78, 5) is 17.8. The zero-order valence-electron chi connectivity index (χ0n) is 18.0. The van der Waals surface area contributed by atoms with Gasteiger partial charge in [-0.3, -0.25) is 4.79 Å². The molecule has 164 valence electrons. The maximum absolute atomic E-state index is 13.1. The first kappa shape index (κ1) is 20.6. The van der Waals surface area contributed by atoms with Crippen molar-refractivity contribution in [1.29, 1.82) is 0 Å². The zero-order chi connectivity index (χ0) is 22.1. The van der Waals surface area contributed by atoms with Crippen LogP contribution in [0.15, 0.2) is 65.0 Å². The van der Waals surface area contributed by atoms with Crippen LogP contribution in [-0.2, 0) is 10.5 Å². The Labute approximate surface area is 190 Å². The third kappa shape index (κ3) is 3.64. The van der Waals surface area contributed by atoms with Crippen molar-refractivity contribution in [3.8, 4) is 11.5 Å². The van der Waals surface area contributed by atoms with Crippen LogP contribution in [0.1, 0.15) is 36.4 Å². The van der Waals surface area contributed by atoms with Gasteiger partial charge >= 0.3 is 0 Å². The SMILES string of the molecule is COc1cccc([C@@H]2C3=C(CCCC3=O)Nc3nc(SCc4ccccc4)nn32)c1OC.